The van der Waals surface area contributed by atoms with Gasteiger partial charge in [0.25, 0.3) is 0 Å². The van der Waals surface area contributed by atoms with Crippen molar-refractivity contribution in [3.63, 3.8) is 0 Å². The standard InChI is InChI=1S/C10H23NO/c1-6-9(7(2)3)10(12)11-8(4)5/h7-12H,6H2,1-5H3/t9-,10-/m1/s1. The molecule has 2 nitrogen and oxygen atoms in total. The van der Waals surface area contributed by atoms with Gasteiger partial charge >= 0.3 is 0 Å². The lowest BCUT2D eigenvalue weighted by molar-refractivity contribution is 0.0426. The van der Waals surface area contributed by atoms with E-state index in [9.17, 15) is 5.11 Å². The van der Waals surface area contributed by atoms with Crippen LogP contribution >= 0.6 is 0 Å². The molecule has 0 unspecified atom stereocenters. The number of rotatable bonds is 5. The monoisotopic (exact) mass is 173 g/mol. The van der Waals surface area contributed by atoms with Crippen molar-refractivity contribution in [2.75, 3.05) is 0 Å². The molecule has 2 N–H and O–H groups in total. The Kier molecular flexibility index (Phi) is 5.51. The van der Waals surface area contributed by atoms with Crippen LogP contribution in [-0.2, 0) is 0 Å². The molecule has 0 saturated heterocycles. The molecule has 0 aromatic carbocycles. The van der Waals surface area contributed by atoms with Crippen LogP contribution in [0.5, 0.6) is 0 Å². The van der Waals surface area contributed by atoms with E-state index in [1.54, 1.807) is 0 Å². The third kappa shape index (κ3) is 4.07. The number of aliphatic hydroxyl groups is 1. The van der Waals surface area contributed by atoms with Crippen molar-refractivity contribution in [1.82, 2.24) is 5.32 Å². The van der Waals surface area contributed by atoms with Gasteiger partial charge in [0.1, 0.15) is 6.23 Å². The highest BCUT2D eigenvalue weighted by atomic mass is 16.3. The first-order valence-electron chi connectivity index (χ1n) is 4.93. The van der Waals surface area contributed by atoms with E-state index in [0.717, 1.165) is 6.42 Å². The second-order valence-corrected chi connectivity index (χ2v) is 4.08. The van der Waals surface area contributed by atoms with Gasteiger partial charge in [0, 0.05) is 12.0 Å². The summed E-state index contributed by atoms with van der Waals surface area (Å²) in [6.07, 6.45) is 0.674. The van der Waals surface area contributed by atoms with E-state index in [-0.39, 0.29) is 6.23 Å². The maximum Gasteiger partial charge on any atom is 0.108 e. The molecule has 0 aliphatic heterocycles. The first kappa shape index (κ1) is 11.9. The van der Waals surface area contributed by atoms with E-state index in [4.69, 9.17) is 0 Å². The lowest BCUT2D eigenvalue weighted by Gasteiger charge is -2.27. The fourth-order valence-electron chi connectivity index (χ4n) is 1.52. The Morgan fingerprint density at radius 2 is 1.67 bits per heavy atom. The van der Waals surface area contributed by atoms with Gasteiger partial charge in [0.2, 0.25) is 0 Å². The van der Waals surface area contributed by atoms with E-state index < -0.39 is 0 Å². The molecule has 0 spiro atoms. The first-order chi connectivity index (χ1) is 5.49. The van der Waals surface area contributed by atoms with Gasteiger partial charge in [-0.05, 0) is 26.2 Å². The van der Waals surface area contributed by atoms with Crippen LogP contribution in [0.2, 0.25) is 0 Å². The van der Waals surface area contributed by atoms with Crippen molar-refractivity contribution in [2.24, 2.45) is 11.8 Å². The molecule has 0 heterocycles. The minimum Gasteiger partial charge on any atom is -0.378 e. The van der Waals surface area contributed by atoms with Crippen molar-refractivity contribution in [3.05, 3.63) is 0 Å². The maximum atomic E-state index is 9.74. The second-order valence-electron chi connectivity index (χ2n) is 4.08. The summed E-state index contributed by atoms with van der Waals surface area (Å²) in [4.78, 5) is 0. The Hall–Kier alpha value is -0.0800. The van der Waals surface area contributed by atoms with Gasteiger partial charge in [0.05, 0.1) is 0 Å². The quantitative estimate of drug-likeness (QED) is 0.623. The molecule has 12 heavy (non-hydrogen) atoms. The zero-order chi connectivity index (χ0) is 9.72. The Bertz CT molecular complexity index is 112. The molecule has 0 aliphatic carbocycles. The Balaban J connectivity index is 3.94. The minimum atomic E-state index is -0.352. The van der Waals surface area contributed by atoms with E-state index in [1.165, 1.54) is 0 Å². The van der Waals surface area contributed by atoms with E-state index in [1.807, 2.05) is 0 Å². The predicted molar refractivity (Wildman–Crippen MR) is 52.9 cm³/mol. The Morgan fingerprint density at radius 1 is 1.17 bits per heavy atom. The molecule has 0 aliphatic rings. The molecular weight excluding hydrogens is 150 g/mol. The zero-order valence-corrected chi connectivity index (χ0v) is 8.96. The van der Waals surface area contributed by atoms with Crippen LogP contribution in [0.1, 0.15) is 41.0 Å². The summed E-state index contributed by atoms with van der Waals surface area (Å²) in [6, 6.07) is 0.354. The number of aliphatic hydroxyl groups excluding tert-OH is 1. The average Bonchev–Trinajstić information content (AvgIpc) is 1.85. The smallest absolute Gasteiger partial charge is 0.108 e. The number of hydrogen-bond acceptors (Lipinski definition) is 2. The molecule has 0 bridgehead atoms. The summed E-state index contributed by atoms with van der Waals surface area (Å²) >= 11 is 0. The maximum absolute atomic E-state index is 9.74. The van der Waals surface area contributed by atoms with Gasteiger partial charge in [-0.1, -0.05) is 20.8 Å². The lowest BCUT2D eigenvalue weighted by Crippen LogP contribution is -2.41. The SMILES string of the molecule is CC[C@H](C(C)C)[C@@H](O)NC(C)C. The Morgan fingerprint density at radius 3 is 1.92 bits per heavy atom. The second kappa shape index (κ2) is 5.55. The van der Waals surface area contributed by atoms with Crippen LogP contribution in [0.3, 0.4) is 0 Å². The largest absolute Gasteiger partial charge is 0.378 e. The van der Waals surface area contributed by atoms with Crippen LogP contribution < -0.4 is 5.32 Å². The van der Waals surface area contributed by atoms with E-state index >= 15 is 0 Å². The van der Waals surface area contributed by atoms with Crippen LogP contribution in [0, 0.1) is 11.8 Å². The molecule has 0 aromatic rings. The molecule has 2 heteroatoms. The van der Waals surface area contributed by atoms with Crippen LogP contribution in [0.15, 0.2) is 0 Å². The number of nitrogens with one attached hydrogen (secondary N) is 1. The van der Waals surface area contributed by atoms with Gasteiger partial charge in [0.15, 0.2) is 0 Å². The topological polar surface area (TPSA) is 32.3 Å². The lowest BCUT2D eigenvalue weighted by atomic mass is 9.91. The molecular formula is C10H23NO. The molecule has 0 fully saturated rings. The van der Waals surface area contributed by atoms with Crippen molar-refractivity contribution < 1.29 is 5.11 Å². The fraction of sp³-hybridized carbons (Fsp3) is 1.00. The molecule has 0 radical (unpaired) electrons. The van der Waals surface area contributed by atoms with Gasteiger partial charge in [-0.15, -0.1) is 0 Å². The first-order valence-corrected chi connectivity index (χ1v) is 4.93. The fourth-order valence-corrected chi connectivity index (χ4v) is 1.52. The van der Waals surface area contributed by atoms with Crippen LogP contribution in [-0.4, -0.2) is 17.4 Å². The van der Waals surface area contributed by atoms with Gasteiger partial charge in [-0.3, -0.25) is 5.32 Å². The third-order valence-electron chi connectivity index (χ3n) is 2.24. The third-order valence-corrected chi connectivity index (χ3v) is 2.24. The highest BCUT2D eigenvalue weighted by molar-refractivity contribution is 4.70. The molecule has 0 aromatic heterocycles. The van der Waals surface area contributed by atoms with Crippen molar-refractivity contribution in [2.45, 2.75) is 53.3 Å². The Labute approximate surface area is 76.4 Å². The van der Waals surface area contributed by atoms with Gasteiger partial charge in [-0.25, -0.2) is 0 Å². The molecule has 0 rings (SSSR count). The van der Waals surface area contributed by atoms with Crippen molar-refractivity contribution in [1.29, 1.82) is 0 Å². The van der Waals surface area contributed by atoms with Gasteiger partial charge in [-0.2, -0.15) is 0 Å². The minimum absolute atomic E-state index is 0.352. The summed E-state index contributed by atoms with van der Waals surface area (Å²) in [5.74, 6) is 0.906. The molecule has 0 saturated carbocycles. The van der Waals surface area contributed by atoms with Gasteiger partial charge < -0.3 is 5.11 Å². The van der Waals surface area contributed by atoms with Crippen LogP contribution in [0.25, 0.3) is 0 Å². The van der Waals surface area contributed by atoms with Crippen LogP contribution in [0.4, 0.5) is 0 Å². The van der Waals surface area contributed by atoms with E-state index in [0.29, 0.717) is 17.9 Å². The molecule has 0 amide bonds. The molecule has 74 valence electrons. The number of hydrogen-bond donors (Lipinski definition) is 2. The predicted octanol–water partition coefficient (Wildman–Crippen LogP) is 1.98. The zero-order valence-electron chi connectivity index (χ0n) is 8.96. The summed E-state index contributed by atoms with van der Waals surface area (Å²) in [6.45, 7) is 10.5. The van der Waals surface area contributed by atoms with Crippen molar-refractivity contribution >= 4 is 0 Å². The normalized spacial score (nSPS) is 17.0. The summed E-state index contributed by atoms with van der Waals surface area (Å²) in [5.41, 5.74) is 0. The molecule has 2 atom stereocenters. The van der Waals surface area contributed by atoms with E-state index in [2.05, 4.69) is 39.9 Å². The summed E-state index contributed by atoms with van der Waals surface area (Å²) in [7, 11) is 0. The summed E-state index contributed by atoms with van der Waals surface area (Å²) in [5, 5.41) is 12.9. The highest BCUT2D eigenvalue weighted by Gasteiger charge is 2.20. The average molecular weight is 173 g/mol. The highest BCUT2D eigenvalue weighted by Crippen LogP contribution is 2.17. The summed E-state index contributed by atoms with van der Waals surface area (Å²) < 4.78 is 0. The van der Waals surface area contributed by atoms with Crippen molar-refractivity contribution in [3.8, 4) is 0 Å².